The van der Waals surface area contributed by atoms with E-state index in [0.29, 0.717) is 0 Å². The summed E-state index contributed by atoms with van der Waals surface area (Å²) in [5, 5.41) is 7.77. The number of para-hydroxylation sites is 1. The molecule has 2 rings (SSSR count). The van der Waals surface area contributed by atoms with E-state index in [4.69, 9.17) is 11.1 Å². The third kappa shape index (κ3) is 3.09. The predicted octanol–water partition coefficient (Wildman–Crippen LogP) is 3.30. The number of nitrogens with one attached hydrogen (secondary N) is 1. The van der Waals surface area contributed by atoms with E-state index in [2.05, 4.69) is 24.8 Å². The van der Waals surface area contributed by atoms with Crippen LogP contribution < -0.4 is 10.6 Å². The normalized spacial score (nSPS) is 20.1. The Balaban J connectivity index is 2.28. The van der Waals surface area contributed by atoms with Crippen molar-refractivity contribution >= 4 is 11.5 Å². The van der Waals surface area contributed by atoms with Gasteiger partial charge in [-0.25, -0.2) is 0 Å². The summed E-state index contributed by atoms with van der Waals surface area (Å²) in [5.41, 5.74) is 9.02. The fourth-order valence-electron chi connectivity index (χ4n) is 3.09. The third-order valence-corrected chi connectivity index (χ3v) is 4.27. The van der Waals surface area contributed by atoms with E-state index >= 15 is 0 Å². The van der Waals surface area contributed by atoms with Gasteiger partial charge in [-0.1, -0.05) is 25.5 Å². The lowest BCUT2D eigenvalue weighted by molar-refractivity contribution is 0.459. The zero-order chi connectivity index (χ0) is 13.8. The second kappa shape index (κ2) is 6.09. The van der Waals surface area contributed by atoms with Crippen molar-refractivity contribution in [1.29, 1.82) is 5.41 Å². The van der Waals surface area contributed by atoms with Gasteiger partial charge < -0.3 is 10.6 Å². The van der Waals surface area contributed by atoms with Crippen LogP contribution in [0.2, 0.25) is 0 Å². The molecule has 1 unspecified atom stereocenters. The molecule has 1 saturated heterocycles. The fourth-order valence-corrected chi connectivity index (χ4v) is 3.09. The van der Waals surface area contributed by atoms with Crippen molar-refractivity contribution in [1.82, 2.24) is 0 Å². The lowest BCUT2D eigenvalue weighted by atomic mass is 9.98. The molecule has 1 aromatic carbocycles. The average Bonchev–Trinajstić information content (AvgIpc) is 2.63. The fraction of sp³-hybridized carbons (Fsp3) is 0.562. The molecule has 1 heterocycles. The highest BCUT2D eigenvalue weighted by atomic mass is 15.1. The van der Waals surface area contributed by atoms with Crippen LogP contribution in [0, 0.1) is 18.3 Å². The Kier molecular flexibility index (Phi) is 4.46. The number of aryl methyl sites for hydroxylation is 1. The molecule has 1 aliphatic heterocycles. The molecule has 1 aromatic rings. The lowest BCUT2D eigenvalue weighted by Gasteiger charge is -2.27. The molecular weight excluding hydrogens is 234 g/mol. The van der Waals surface area contributed by atoms with Crippen molar-refractivity contribution in [2.75, 3.05) is 18.0 Å². The summed E-state index contributed by atoms with van der Waals surface area (Å²) in [6.45, 7) is 6.57. The maximum atomic E-state index is 7.77. The Labute approximate surface area is 116 Å². The number of hydrogen-bond donors (Lipinski definition) is 2. The van der Waals surface area contributed by atoms with Gasteiger partial charge in [0.15, 0.2) is 0 Å². The number of nitrogens with two attached hydrogens (primary N) is 1. The highest BCUT2D eigenvalue weighted by Crippen LogP contribution is 2.29. The maximum Gasteiger partial charge on any atom is 0.124 e. The quantitative estimate of drug-likeness (QED) is 0.646. The number of nitrogens with zero attached hydrogens (tertiary/aromatic N) is 1. The number of rotatable bonds is 3. The molecular formula is C16H25N3. The first kappa shape index (κ1) is 13.9. The van der Waals surface area contributed by atoms with Crippen LogP contribution in [0.5, 0.6) is 0 Å². The smallest absolute Gasteiger partial charge is 0.124 e. The van der Waals surface area contributed by atoms with Crippen LogP contribution in [0.25, 0.3) is 0 Å². The Morgan fingerprint density at radius 2 is 2.16 bits per heavy atom. The van der Waals surface area contributed by atoms with Gasteiger partial charge in [-0.15, -0.1) is 0 Å². The Morgan fingerprint density at radius 3 is 2.84 bits per heavy atom. The summed E-state index contributed by atoms with van der Waals surface area (Å²) in [6, 6.07) is 6.07. The summed E-state index contributed by atoms with van der Waals surface area (Å²) < 4.78 is 0. The first-order chi connectivity index (χ1) is 9.13. The van der Waals surface area contributed by atoms with E-state index in [1.807, 2.05) is 12.1 Å². The molecule has 104 valence electrons. The molecule has 0 radical (unpaired) electrons. The summed E-state index contributed by atoms with van der Waals surface area (Å²) in [6.07, 6.45) is 5.10. The van der Waals surface area contributed by atoms with Crippen LogP contribution in [0.4, 0.5) is 5.69 Å². The van der Waals surface area contributed by atoms with Crippen LogP contribution in [-0.2, 0) is 0 Å². The van der Waals surface area contributed by atoms with E-state index in [1.165, 1.54) is 36.9 Å². The molecule has 3 heteroatoms. The number of amidine groups is 1. The van der Waals surface area contributed by atoms with E-state index in [-0.39, 0.29) is 5.84 Å². The second-order valence-electron chi connectivity index (χ2n) is 5.58. The topological polar surface area (TPSA) is 53.1 Å². The van der Waals surface area contributed by atoms with E-state index in [1.54, 1.807) is 0 Å². The van der Waals surface area contributed by atoms with Gasteiger partial charge in [-0.3, -0.25) is 5.41 Å². The monoisotopic (exact) mass is 259 g/mol. The second-order valence-corrected chi connectivity index (χ2v) is 5.58. The summed E-state index contributed by atoms with van der Waals surface area (Å²) in [5.74, 6) is 1.03. The molecule has 0 aliphatic carbocycles. The number of anilines is 1. The number of hydrogen-bond acceptors (Lipinski definition) is 2. The first-order valence-electron chi connectivity index (χ1n) is 7.32. The zero-order valence-electron chi connectivity index (χ0n) is 12.1. The van der Waals surface area contributed by atoms with Gasteiger partial charge in [0.05, 0.1) is 5.69 Å². The number of benzene rings is 1. The van der Waals surface area contributed by atoms with Crippen LogP contribution in [-0.4, -0.2) is 18.9 Å². The molecule has 1 atom stereocenters. The van der Waals surface area contributed by atoms with E-state index in [0.717, 1.165) is 24.6 Å². The van der Waals surface area contributed by atoms with Crippen molar-refractivity contribution in [3.8, 4) is 0 Å². The minimum Gasteiger partial charge on any atom is -0.384 e. The van der Waals surface area contributed by atoms with Crippen LogP contribution in [0.15, 0.2) is 18.2 Å². The molecule has 3 N–H and O–H groups in total. The SMILES string of the molecule is CCC1CCCN(c2c(C)cccc2C(=N)N)CC1. The van der Waals surface area contributed by atoms with Crippen molar-refractivity contribution < 1.29 is 0 Å². The molecule has 1 fully saturated rings. The van der Waals surface area contributed by atoms with Crippen molar-refractivity contribution in [3.05, 3.63) is 29.3 Å². The van der Waals surface area contributed by atoms with Gasteiger partial charge in [0, 0.05) is 18.7 Å². The maximum absolute atomic E-state index is 7.77. The summed E-state index contributed by atoms with van der Waals surface area (Å²) in [7, 11) is 0. The molecule has 0 aromatic heterocycles. The van der Waals surface area contributed by atoms with Crippen LogP contribution >= 0.6 is 0 Å². The van der Waals surface area contributed by atoms with Crippen molar-refractivity contribution in [2.24, 2.45) is 11.7 Å². The van der Waals surface area contributed by atoms with Crippen LogP contribution in [0.1, 0.15) is 43.7 Å². The minimum atomic E-state index is 0.176. The molecule has 1 aliphatic rings. The van der Waals surface area contributed by atoms with E-state index < -0.39 is 0 Å². The Bertz CT molecular complexity index is 453. The third-order valence-electron chi connectivity index (χ3n) is 4.27. The van der Waals surface area contributed by atoms with Crippen molar-refractivity contribution in [3.63, 3.8) is 0 Å². The standard InChI is InChI=1S/C16H25N3/c1-3-13-7-5-10-19(11-9-13)15-12(2)6-4-8-14(15)16(17)18/h4,6,8,13H,3,5,7,9-11H2,1-2H3,(H3,17,18). The molecule has 0 bridgehead atoms. The number of nitrogen functional groups attached to an aromatic ring is 1. The van der Waals surface area contributed by atoms with Gasteiger partial charge in [0.1, 0.15) is 5.84 Å². The zero-order valence-corrected chi connectivity index (χ0v) is 12.1. The van der Waals surface area contributed by atoms with Crippen molar-refractivity contribution in [2.45, 2.75) is 39.5 Å². The summed E-state index contributed by atoms with van der Waals surface area (Å²) in [4.78, 5) is 2.43. The molecule has 0 spiro atoms. The van der Waals surface area contributed by atoms with Gasteiger partial charge in [0.2, 0.25) is 0 Å². The van der Waals surface area contributed by atoms with Gasteiger partial charge in [0.25, 0.3) is 0 Å². The van der Waals surface area contributed by atoms with Gasteiger partial charge in [-0.05, 0) is 43.7 Å². The lowest BCUT2D eigenvalue weighted by Crippen LogP contribution is -2.28. The molecule has 19 heavy (non-hydrogen) atoms. The van der Waals surface area contributed by atoms with Crippen LogP contribution in [0.3, 0.4) is 0 Å². The van der Waals surface area contributed by atoms with Gasteiger partial charge in [-0.2, -0.15) is 0 Å². The molecule has 3 nitrogen and oxygen atoms in total. The highest BCUT2D eigenvalue weighted by molar-refractivity contribution is 6.01. The first-order valence-corrected chi connectivity index (χ1v) is 7.32. The largest absolute Gasteiger partial charge is 0.384 e. The summed E-state index contributed by atoms with van der Waals surface area (Å²) >= 11 is 0. The van der Waals surface area contributed by atoms with Gasteiger partial charge >= 0.3 is 0 Å². The average molecular weight is 259 g/mol. The Hall–Kier alpha value is -1.51. The van der Waals surface area contributed by atoms with E-state index in [9.17, 15) is 0 Å². The minimum absolute atomic E-state index is 0.176. The predicted molar refractivity (Wildman–Crippen MR) is 82.0 cm³/mol. The highest BCUT2D eigenvalue weighted by Gasteiger charge is 2.20. The Morgan fingerprint density at radius 1 is 1.37 bits per heavy atom. The molecule has 0 amide bonds. The molecule has 0 saturated carbocycles.